The number of thiophene rings is 1. The van der Waals surface area contributed by atoms with Crippen molar-refractivity contribution >= 4 is 33.1 Å². The molecule has 84 valence electrons. The summed E-state index contributed by atoms with van der Waals surface area (Å²) in [6.07, 6.45) is 2.47. The van der Waals surface area contributed by atoms with Crippen molar-refractivity contribution in [3.05, 3.63) is 17.1 Å². The van der Waals surface area contributed by atoms with Gasteiger partial charge in [-0.15, -0.1) is 16.4 Å². The molecule has 0 spiro atoms. The first-order valence-electron chi connectivity index (χ1n) is 5.02. The second-order valence-electron chi connectivity index (χ2n) is 3.35. The summed E-state index contributed by atoms with van der Waals surface area (Å²) < 4.78 is 0. The quantitative estimate of drug-likeness (QED) is 0.844. The zero-order chi connectivity index (χ0) is 11.5. The van der Waals surface area contributed by atoms with Crippen molar-refractivity contribution in [2.75, 3.05) is 12.3 Å². The Balaban J connectivity index is 2.37. The summed E-state index contributed by atoms with van der Waals surface area (Å²) in [7, 11) is 0. The number of carbonyl (C=O) groups excluding carboxylic acids is 1. The fourth-order valence-electron chi connectivity index (χ4n) is 1.36. The van der Waals surface area contributed by atoms with Crippen LogP contribution in [0.4, 0.5) is 5.69 Å². The molecule has 0 aliphatic heterocycles. The Morgan fingerprint density at radius 2 is 2.44 bits per heavy atom. The molecule has 2 aromatic heterocycles. The number of nitrogens with one attached hydrogen (secondary N) is 1. The van der Waals surface area contributed by atoms with Crippen molar-refractivity contribution in [1.82, 2.24) is 15.5 Å². The monoisotopic (exact) mass is 236 g/mol. The van der Waals surface area contributed by atoms with Gasteiger partial charge in [-0.3, -0.25) is 4.79 Å². The lowest BCUT2D eigenvalue weighted by atomic mass is 10.3. The number of nitrogen functional groups attached to an aromatic ring is 1. The predicted molar refractivity (Wildman–Crippen MR) is 64.5 cm³/mol. The van der Waals surface area contributed by atoms with Gasteiger partial charge in [0.1, 0.15) is 9.71 Å². The molecule has 2 heterocycles. The number of fused-ring (bicyclic) bond motifs is 1. The molecule has 0 bridgehead atoms. The molecule has 0 atom stereocenters. The highest BCUT2D eigenvalue weighted by atomic mass is 32.1. The first-order chi connectivity index (χ1) is 7.74. The lowest BCUT2D eigenvalue weighted by molar-refractivity contribution is 0.0958. The number of rotatable bonds is 3. The summed E-state index contributed by atoms with van der Waals surface area (Å²) in [6.45, 7) is 2.65. The van der Waals surface area contributed by atoms with Crippen LogP contribution >= 0.6 is 11.3 Å². The zero-order valence-corrected chi connectivity index (χ0v) is 9.67. The summed E-state index contributed by atoms with van der Waals surface area (Å²) in [5.74, 6) is -0.137. The third kappa shape index (κ3) is 1.83. The van der Waals surface area contributed by atoms with E-state index in [1.54, 1.807) is 12.3 Å². The van der Waals surface area contributed by atoms with Crippen LogP contribution in [-0.4, -0.2) is 22.6 Å². The molecule has 0 saturated heterocycles. The molecule has 2 rings (SSSR count). The van der Waals surface area contributed by atoms with Crippen LogP contribution in [-0.2, 0) is 0 Å². The van der Waals surface area contributed by atoms with Gasteiger partial charge in [0, 0.05) is 11.9 Å². The van der Waals surface area contributed by atoms with Gasteiger partial charge in [-0.1, -0.05) is 6.92 Å². The van der Waals surface area contributed by atoms with E-state index in [2.05, 4.69) is 15.5 Å². The van der Waals surface area contributed by atoms with E-state index < -0.39 is 0 Å². The lowest BCUT2D eigenvalue weighted by Crippen LogP contribution is -2.23. The van der Waals surface area contributed by atoms with Crippen LogP contribution in [0.1, 0.15) is 23.0 Å². The standard InChI is InChI=1S/C10H12N4OS/c1-2-4-12-9(15)8-7(11)6-3-5-13-14-10(6)16-8/h3,5H,2,4,11H2,1H3,(H,12,15). The second kappa shape index (κ2) is 4.44. The average molecular weight is 236 g/mol. The summed E-state index contributed by atoms with van der Waals surface area (Å²) >= 11 is 1.27. The molecular weight excluding hydrogens is 224 g/mol. The number of anilines is 1. The molecule has 0 unspecified atom stereocenters. The first kappa shape index (κ1) is 10.8. The third-order valence-corrected chi connectivity index (χ3v) is 3.27. The fraction of sp³-hybridized carbons (Fsp3) is 0.300. The van der Waals surface area contributed by atoms with Gasteiger partial charge < -0.3 is 11.1 Å². The fourth-order valence-corrected chi connectivity index (χ4v) is 2.31. The van der Waals surface area contributed by atoms with Crippen LogP contribution in [0.3, 0.4) is 0 Å². The van der Waals surface area contributed by atoms with E-state index in [0.29, 0.717) is 21.9 Å². The molecule has 0 saturated carbocycles. The molecule has 1 amide bonds. The lowest BCUT2D eigenvalue weighted by Gasteiger charge is -2.01. The molecular formula is C10H12N4OS. The Kier molecular flexibility index (Phi) is 3.00. The molecule has 2 aromatic rings. The smallest absolute Gasteiger partial charge is 0.263 e. The highest BCUT2D eigenvalue weighted by Gasteiger charge is 2.16. The van der Waals surface area contributed by atoms with Crippen LogP contribution in [0, 0.1) is 0 Å². The first-order valence-corrected chi connectivity index (χ1v) is 5.83. The number of nitrogens with zero attached hydrogens (tertiary/aromatic N) is 2. The molecule has 0 fully saturated rings. The number of aromatic nitrogens is 2. The Hall–Kier alpha value is -1.69. The Morgan fingerprint density at radius 1 is 1.62 bits per heavy atom. The van der Waals surface area contributed by atoms with Gasteiger partial charge >= 0.3 is 0 Å². The van der Waals surface area contributed by atoms with E-state index >= 15 is 0 Å². The predicted octanol–water partition coefficient (Wildman–Crippen LogP) is 1.41. The van der Waals surface area contributed by atoms with Crippen molar-refractivity contribution in [1.29, 1.82) is 0 Å². The largest absolute Gasteiger partial charge is 0.397 e. The van der Waals surface area contributed by atoms with Crippen LogP contribution in [0.5, 0.6) is 0 Å². The minimum absolute atomic E-state index is 0.137. The average Bonchev–Trinajstić information content (AvgIpc) is 2.64. The van der Waals surface area contributed by atoms with Crippen molar-refractivity contribution in [2.24, 2.45) is 0 Å². The Morgan fingerprint density at radius 3 is 3.12 bits per heavy atom. The highest BCUT2D eigenvalue weighted by Crippen LogP contribution is 2.31. The van der Waals surface area contributed by atoms with Crippen molar-refractivity contribution < 1.29 is 4.79 Å². The molecule has 0 aromatic carbocycles. The summed E-state index contributed by atoms with van der Waals surface area (Å²) in [5, 5.41) is 11.3. The second-order valence-corrected chi connectivity index (χ2v) is 4.35. The van der Waals surface area contributed by atoms with E-state index in [1.165, 1.54) is 11.3 Å². The van der Waals surface area contributed by atoms with Gasteiger partial charge in [0.05, 0.1) is 11.9 Å². The number of carbonyl (C=O) groups is 1. The molecule has 0 aliphatic rings. The Bertz CT molecular complexity index is 523. The molecule has 5 nitrogen and oxygen atoms in total. The van der Waals surface area contributed by atoms with Gasteiger partial charge in [-0.05, 0) is 12.5 Å². The summed E-state index contributed by atoms with van der Waals surface area (Å²) in [5.41, 5.74) is 6.38. The van der Waals surface area contributed by atoms with Gasteiger partial charge in [0.25, 0.3) is 5.91 Å². The Labute approximate surface area is 96.7 Å². The molecule has 3 N–H and O–H groups in total. The molecule has 6 heteroatoms. The topological polar surface area (TPSA) is 80.9 Å². The molecule has 16 heavy (non-hydrogen) atoms. The van der Waals surface area contributed by atoms with E-state index in [0.717, 1.165) is 11.8 Å². The van der Waals surface area contributed by atoms with Crippen LogP contribution in [0.2, 0.25) is 0 Å². The zero-order valence-electron chi connectivity index (χ0n) is 8.86. The SMILES string of the molecule is CCCNC(=O)c1sc2nnccc2c1N. The maximum atomic E-state index is 11.8. The van der Waals surface area contributed by atoms with Gasteiger partial charge in [-0.25, -0.2) is 0 Å². The molecule has 0 aliphatic carbocycles. The normalized spacial score (nSPS) is 10.6. The van der Waals surface area contributed by atoms with E-state index in [4.69, 9.17) is 5.73 Å². The summed E-state index contributed by atoms with van der Waals surface area (Å²) in [6, 6.07) is 1.77. The van der Waals surface area contributed by atoms with E-state index in [-0.39, 0.29) is 5.91 Å². The van der Waals surface area contributed by atoms with Gasteiger partial charge in [0.2, 0.25) is 0 Å². The van der Waals surface area contributed by atoms with Gasteiger partial charge in [-0.2, -0.15) is 5.10 Å². The van der Waals surface area contributed by atoms with Crippen LogP contribution in [0.25, 0.3) is 10.2 Å². The molecule has 0 radical (unpaired) electrons. The number of hydrogen-bond donors (Lipinski definition) is 2. The highest BCUT2D eigenvalue weighted by molar-refractivity contribution is 7.21. The van der Waals surface area contributed by atoms with Crippen LogP contribution in [0.15, 0.2) is 12.3 Å². The van der Waals surface area contributed by atoms with Gasteiger partial charge in [0.15, 0.2) is 0 Å². The van der Waals surface area contributed by atoms with Crippen molar-refractivity contribution in [3.63, 3.8) is 0 Å². The number of hydrogen-bond acceptors (Lipinski definition) is 5. The van der Waals surface area contributed by atoms with E-state index in [1.807, 2.05) is 6.92 Å². The van der Waals surface area contributed by atoms with Crippen LogP contribution < -0.4 is 11.1 Å². The van der Waals surface area contributed by atoms with E-state index in [9.17, 15) is 4.79 Å². The van der Waals surface area contributed by atoms with Crippen molar-refractivity contribution in [2.45, 2.75) is 13.3 Å². The minimum atomic E-state index is -0.137. The maximum absolute atomic E-state index is 11.8. The van der Waals surface area contributed by atoms with Crippen molar-refractivity contribution in [3.8, 4) is 0 Å². The minimum Gasteiger partial charge on any atom is -0.397 e. The number of nitrogens with two attached hydrogens (primary N) is 1. The number of amides is 1. The maximum Gasteiger partial charge on any atom is 0.263 e. The third-order valence-electron chi connectivity index (χ3n) is 2.16. The summed E-state index contributed by atoms with van der Waals surface area (Å²) in [4.78, 5) is 13.0.